The van der Waals surface area contributed by atoms with Gasteiger partial charge in [0, 0.05) is 23.0 Å². The minimum atomic E-state index is 0.159. The second-order valence-electron chi connectivity index (χ2n) is 5.70. The number of aromatic nitrogens is 3. The molecule has 0 atom stereocenters. The maximum absolute atomic E-state index is 12.3. The molecule has 0 saturated carbocycles. The summed E-state index contributed by atoms with van der Waals surface area (Å²) in [5.41, 5.74) is 2.01. The van der Waals surface area contributed by atoms with E-state index in [4.69, 9.17) is 0 Å². The van der Waals surface area contributed by atoms with Crippen LogP contribution in [0.2, 0.25) is 0 Å². The zero-order valence-corrected chi connectivity index (χ0v) is 16.5. The van der Waals surface area contributed by atoms with Crippen LogP contribution in [0.4, 0.5) is 0 Å². The Morgan fingerprint density at radius 2 is 1.85 bits per heavy atom. The molecule has 0 saturated heterocycles. The van der Waals surface area contributed by atoms with Crippen molar-refractivity contribution in [1.29, 1.82) is 0 Å². The maximum atomic E-state index is 12.3. The number of hydrogen-bond acceptors (Lipinski definition) is 4. The highest BCUT2D eigenvalue weighted by Crippen LogP contribution is 2.24. The Labute approximate surface area is 165 Å². The van der Waals surface area contributed by atoms with Crippen LogP contribution in [0, 0.1) is 0 Å². The number of thioether (sulfide) groups is 1. The SMILES string of the molecule is C=CCn1c(SCC(=O)Cc2ccc(Br)cc2)nnc1-c1ccccc1. The van der Waals surface area contributed by atoms with Gasteiger partial charge in [-0.05, 0) is 17.7 Å². The Morgan fingerprint density at radius 3 is 2.54 bits per heavy atom. The molecule has 0 N–H and O–H groups in total. The molecule has 0 radical (unpaired) electrons. The molecule has 6 heteroatoms. The molecule has 0 fully saturated rings. The maximum Gasteiger partial charge on any atom is 0.192 e. The van der Waals surface area contributed by atoms with Gasteiger partial charge < -0.3 is 0 Å². The first-order chi connectivity index (χ1) is 12.7. The van der Waals surface area contributed by atoms with E-state index in [1.807, 2.05) is 65.2 Å². The number of Topliss-reactive ketones (excluding diaryl/α,β-unsaturated/α-hetero) is 1. The Bertz CT molecular complexity index is 891. The fraction of sp³-hybridized carbons (Fsp3) is 0.150. The number of carbonyl (C=O) groups is 1. The first-order valence-corrected chi connectivity index (χ1v) is 9.93. The zero-order valence-electron chi connectivity index (χ0n) is 14.1. The molecule has 4 nitrogen and oxygen atoms in total. The largest absolute Gasteiger partial charge is 0.298 e. The number of halogens is 1. The van der Waals surface area contributed by atoms with Crippen molar-refractivity contribution >= 4 is 33.5 Å². The highest BCUT2D eigenvalue weighted by atomic mass is 79.9. The fourth-order valence-corrected chi connectivity index (χ4v) is 3.59. The molecule has 1 aromatic heterocycles. The summed E-state index contributed by atoms with van der Waals surface area (Å²) in [5, 5.41) is 9.31. The van der Waals surface area contributed by atoms with Gasteiger partial charge in [-0.3, -0.25) is 9.36 Å². The molecule has 0 aliphatic heterocycles. The number of benzene rings is 2. The minimum absolute atomic E-state index is 0.159. The monoisotopic (exact) mass is 427 g/mol. The number of hydrogen-bond donors (Lipinski definition) is 0. The molecule has 0 amide bonds. The van der Waals surface area contributed by atoms with Crippen LogP contribution in [0.15, 0.2) is 76.9 Å². The van der Waals surface area contributed by atoms with Crippen LogP contribution in [0.25, 0.3) is 11.4 Å². The number of rotatable bonds is 8. The van der Waals surface area contributed by atoms with Crippen molar-refractivity contribution in [3.05, 3.63) is 77.3 Å². The smallest absolute Gasteiger partial charge is 0.192 e. The quantitative estimate of drug-likeness (QED) is 0.382. The third-order valence-corrected chi connectivity index (χ3v) is 5.29. The average molecular weight is 428 g/mol. The van der Waals surface area contributed by atoms with Crippen LogP contribution < -0.4 is 0 Å². The number of nitrogens with zero attached hydrogens (tertiary/aromatic N) is 3. The van der Waals surface area contributed by atoms with E-state index in [1.165, 1.54) is 11.8 Å². The normalized spacial score (nSPS) is 10.7. The third kappa shape index (κ3) is 4.71. The van der Waals surface area contributed by atoms with E-state index in [9.17, 15) is 4.79 Å². The standard InChI is InChI=1S/C20H18BrN3OS/c1-2-12-24-19(16-6-4-3-5-7-16)22-23-20(24)26-14-18(25)13-15-8-10-17(21)11-9-15/h2-11H,1,12-14H2. The van der Waals surface area contributed by atoms with Gasteiger partial charge in [-0.25, -0.2) is 0 Å². The number of allylic oxidation sites excluding steroid dienone is 1. The molecule has 0 unspecified atom stereocenters. The molecular weight excluding hydrogens is 410 g/mol. The van der Waals surface area contributed by atoms with Crippen LogP contribution in [0.1, 0.15) is 5.56 Å². The highest BCUT2D eigenvalue weighted by Gasteiger charge is 2.15. The van der Waals surface area contributed by atoms with Gasteiger partial charge in [0.05, 0.1) is 5.75 Å². The number of carbonyl (C=O) groups excluding carboxylic acids is 1. The van der Waals surface area contributed by atoms with E-state index in [0.717, 1.165) is 26.6 Å². The van der Waals surface area contributed by atoms with Gasteiger partial charge in [0.2, 0.25) is 0 Å². The van der Waals surface area contributed by atoms with Crippen LogP contribution in [-0.2, 0) is 17.8 Å². The summed E-state index contributed by atoms with van der Waals surface area (Å²) < 4.78 is 2.99. The second-order valence-corrected chi connectivity index (χ2v) is 7.56. The van der Waals surface area contributed by atoms with Crippen molar-refractivity contribution in [1.82, 2.24) is 14.8 Å². The molecule has 3 aromatic rings. The second kappa shape index (κ2) is 8.96. The summed E-state index contributed by atoms with van der Waals surface area (Å²) in [6.07, 6.45) is 2.23. The predicted octanol–water partition coefficient (Wildman–Crippen LogP) is 4.80. The van der Waals surface area contributed by atoms with Crippen molar-refractivity contribution in [2.45, 2.75) is 18.1 Å². The molecule has 0 spiro atoms. The average Bonchev–Trinajstić information content (AvgIpc) is 3.06. The summed E-state index contributed by atoms with van der Waals surface area (Å²) in [7, 11) is 0. The predicted molar refractivity (Wildman–Crippen MR) is 109 cm³/mol. The summed E-state index contributed by atoms with van der Waals surface area (Å²) in [4.78, 5) is 12.3. The Balaban J connectivity index is 1.69. The third-order valence-electron chi connectivity index (χ3n) is 3.74. The van der Waals surface area contributed by atoms with E-state index in [2.05, 4.69) is 32.7 Å². The summed E-state index contributed by atoms with van der Waals surface area (Å²) in [6.45, 7) is 4.41. The lowest BCUT2D eigenvalue weighted by Crippen LogP contribution is -2.07. The van der Waals surface area contributed by atoms with Crippen molar-refractivity contribution in [2.24, 2.45) is 0 Å². The van der Waals surface area contributed by atoms with Gasteiger partial charge in [0.15, 0.2) is 11.0 Å². The molecular formula is C20H18BrN3OS. The summed E-state index contributed by atoms with van der Waals surface area (Å²) in [5.74, 6) is 1.31. The topological polar surface area (TPSA) is 47.8 Å². The highest BCUT2D eigenvalue weighted by molar-refractivity contribution is 9.10. The first-order valence-electron chi connectivity index (χ1n) is 8.16. The van der Waals surface area contributed by atoms with Gasteiger partial charge in [0.25, 0.3) is 0 Å². The van der Waals surface area contributed by atoms with Gasteiger partial charge >= 0.3 is 0 Å². The van der Waals surface area contributed by atoms with E-state index in [-0.39, 0.29) is 5.78 Å². The molecule has 0 bridgehead atoms. The van der Waals surface area contributed by atoms with Crippen molar-refractivity contribution in [3.8, 4) is 11.4 Å². The van der Waals surface area contributed by atoms with E-state index in [0.29, 0.717) is 18.7 Å². The lowest BCUT2D eigenvalue weighted by atomic mass is 10.1. The Hall–Kier alpha value is -2.18. The lowest BCUT2D eigenvalue weighted by molar-refractivity contribution is -0.116. The van der Waals surface area contributed by atoms with E-state index < -0.39 is 0 Å². The van der Waals surface area contributed by atoms with Gasteiger partial charge in [-0.2, -0.15) is 0 Å². The lowest BCUT2D eigenvalue weighted by Gasteiger charge is -2.07. The van der Waals surface area contributed by atoms with Crippen LogP contribution in [0.3, 0.4) is 0 Å². The fourth-order valence-electron chi connectivity index (χ4n) is 2.52. The number of ketones is 1. The van der Waals surface area contributed by atoms with Crippen molar-refractivity contribution in [3.63, 3.8) is 0 Å². The zero-order chi connectivity index (χ0) is 18.4. The summed E-state index contributed by atoms with van der Waals surface area (Å²) in [6, 6.07) is 17.7. The Kier molecular flexibility index (Phi) is 6.41. The Morgan fingerprint density at radius 1 is 1.12 bits per heavy atom. The minimum Gasteiger partial charge on any atom is -0.298 e. The van der Waals surface area contributed by atoms with E-state index >= 15 is 0 Å². The summed E-state index contributed by atoms with van der Waals surface area (Å²) >= 11 is 4.82. The molecule has 132 valence electrons. The van der Waals surface area contributed by atoms with Gasteiger partial charge in [-0.1, -0.05) is 76.2 Å². The van der Waals surface area contributed by atoms with Crippen LogP contribution in [-0.4, -0.2) is 26.3 Å². The van der Waals surface area contributed by atoms with Crippen molar-refractivity contribution < 1.29 is 4.79 Å². The van der Waals surface area contributed by atoms with Crippen LogP contribution in [0.5, 0.6) is 0 Å². The first kappa shape index (κ1) is 18.6. The van der Waals surface area contributed by atoms with Gasteiger partial charge in [-0.15, -0.1) is 16.8 Å². The molecule has 3 rings (SSSR count). The molecule has 26 heavy (non-hydrogen) atoms. The molecule has 0 aliphatic rings. The molecule has 2 aromatic carbocycles. The van der Waals surface area contributed by atoms with Crippen LogP contribution >= 0.6 is 27.7 Å². The van der Waals surface area contributed by atoms with Crippen molar-refractivity contribution in [2.75, 3.05) is 5.75 Å². The van der Waals surface area contributed by atoms with E-state index in [1.54, 1.807) is 0 Å². The van der Waals surface area contributed by atoms with Gasteiger partial charge in [0.1, 0.15) is 5.78 Å². The molecule has 1 heterocycles. The molecule has 0 aliphatic carbocycles.